The average molecular weight is 276 g/mol. The van der Waals surface area contributed by atoms with Crippen molar-refractivity contribution in [1.82, 2.24) is 15.3 Å². The van der Waals surface area contributed by atoms with Crippen molar-refractivity contribution in [2.24, 2.45) is 5.92 Å². The molecule has 1 aliphatic heterocycles. The summed E-state index contributed by atoms with van der Waals surface area (Å²) in [6, 6.07) is 0.703. The largest absolute Gasteiger partial charge is 0.379 e. The van der Waals surface area contributed by atoms with Gasteiger partial charge in [0.15, 0.2) is 0 Å². The van der Waals surface area contributed by atoms with Gasteiger partial charge in [0.2, 0.25) is 0 Å². The molecule has 2 atom stereocenters. The van der Waals surface area contributed by atoms with Gasteiger partial charge in [0.05, 0.1) is 18.0 Å². The Balaban J connectivity index is 1.64. The molecule has 110 valence electrons. The molecule has 3 rings (SSSR count). The summed E-state index contributed by atoms with van der Waals surface area (Å²) in [7, 11) is 1.80. The summed E-state index contributed by atoms with van der Waals surface area (Å²) in [6.07, 6.45) is 7.76. The van der Waals surface area contributed by atoms with Crippen LogP contribution in [-0.2, 0) is 11.3 Å². The lowest BCUT2D eigenvalue weighted by molar-refractivity contribution is 0.0496. The monoisotopic (exact) mass is 276 g/mol. The Hall–Kier alpha value is -1.20. The molecule has 2 unspecified atom stereocenters. The third-order valence-corrected chi connectivity index (χ3v) is 4.34. The van der Waals surface area contributed by atoms with Crippen molar-refractivity contribution >= 4 is 5.82 Å². The SMILES string of the molecule is COC1CN(c2cncc(CNC3CC3)n2)CCC1C. The van der Waals surface area contributed by atoms with Gasteiger partial charge >= 0.3 is 0 Å². The van der Waals surface area contributed by atoms with Crippen molar-refractivity contribution in [3.63, 3.8) is 0 Å². The Morgan fingerprint density at radius 2 is 2.20 bits per heavy atom. The molecule has 1 aromatic heterocycles. The van der Waals surface area contributed by atoms with E-state index in [1.54, 1.807) is 7.11 Å². The molecule has 2 fully saturated rings. The number of nitrogens with one attached hydrogen (secondary N) is 1. The number of methoxy groups -OCH3 is 1. The van der Waals surface area contributed by atoms with E-state index in [9.17, 15) is 0 Å². The molecule has 5 heteroatoms. The summed E-state index contributed by atoms with van der Waals surface area (Å²) >= 11 is 0. The normalized spacial score (nSPS) is 26.8. The van der Waals surface area contributed by atoms with E-state index in [0.29, 0.717) is 18.1 Å². The van der Waals surface area contributed by atoms with Crippen LogP contribution in [0.25, 0.3) is 0 Å². The predicted molar refractivity (Wildman–Crippen MR) is 78.7 cm³/mol. The van der Waals surface area contributed by atoms with Crippen LogP contribution in [0.1, 0.15) is 31.9 Å². The third kappa shape index (κ3) is 3.27. The summed E-state index contributed by atoms with van der Waals surface area (Å²) in [4.78, 5) is 11.4. The number of anilines is 1. The molecule has 1 saturated carbocycles. The van der Waals surface area contributed by atoms with Crippen LogP contribution in [0.4, 0.5) is 5.82 Å². The second kappa shape index (κ2) is 6.06. The Labute approximate surface area is 120 Å². The first kappa shape index (κ1) is 13.8. The van der Waals surface area contributed by atoms with E-state index in [2.05, 4.69) is 22.1 Å². The van der Waals surface area contributed by atoms with E-state index in [-0.39, 0.29) is 0 Å². The minimum absolute atomic E-state index is 0.291. The van der Waals surface area contributed by atoms with Gasteiger partial charge in [-0.05, 0) is 25.2 Å². The van der Waals surface area contributed by atoms with Crippen molar-refractivity contribution in [2.45, 2.75) is 44.9 Å². The molecule has 0 spiro atoms. The lowest BCUT2D eigenvalue weighted by Gasteiger charge is -2.36. The van der Waals surface area contributed by atoms with Crippen LogP contribution in [-0.4, -0.2) is 42.3 Å². The molecule has 0 bridgehead atoms. The molecule has 1 aromatic rings. The van der Waals surface area contributed by atoms with E-state index in [4.69, 9.17) is 9.72 Å². The molecule has 2 heterocycles. The molecular formula is C15H24N4O. The highest BCUT2D eigenvalue weighted by Crippen LogP contribution is 2.23. The van der Waals surface area contributed by atoms with Gasteiger partial charge in [-0.1, -0.05) is 6.92 Å². The Morgan fingerprint density at radius 1 is 1.35 bits per heavy atom. The lowest BCUT2D eigenvalue weighted by Crippen LogP contribution is -2.44. The standard InChI is InChI=1S/C15H24N4O/c1-11-5-6-19(10-14(11)20-2)15-9-16-7-13(18-15)8-17-12-3-4-12/h7,9,11-12,14,17H,3-6,8,10H2,1-2H3. The minimum Gasteiger partial charge on any atom is -0.379 e. The highest BCUT2D eigenvalue weighted by atomic mass is 16.5. The van der Waals surface area contributed by atoms with E-state index >= 15 is 0 Å². The fraction of sp³-hybridized carbons (Fsp3) is 0.733. The predicted octanol–water partition coefficient (Wildman–Crippen LogP) is 1.59. The van der Waals surface area contributed by atoms with E-state index in [0.717, 1.165) is 37.6 Å². The number of hydrogen-bond acceptors (Lipinski definition) is 5. The number of rotatable bonds is 5. The number of aromatic nitrogens is 2. The van der Waals surface area contributed by atoms with Crippen molar-refractivity contribution in [3.8, 4) is 0 Å². The highest BCUT2D eigenvalue weighted by Gasteiger charge is 2.27. The number of hydrogen-bond donors (Lipinski definition) is 1. The smallest absolute Gasteiger partial charge is 0.147 e. The Morgan fingerprint density at radius 3 is 2.95 bits per heavy atom. The van der Waals surface area contributed by atoms with E-state index in [1.165, 1.54) is 12.8 Å². The summed E-state index contributed by atoms with van der Waals surface area (Å²) in [5.74, 6) is 1.60. The summed E-state index contributed by atoms with van der Waals surface area (Å²) in [5.41, 5.74) is 1.03. The van der Waals surface area contributed by atoms with E-state index < -0.39 is 0 Å². The van der Waals surface area contributed by atoms with E-state index in [1.807, 2.05) is 12.4 Å². The van der Waals surface area contributed by atoms with Gasteiger partial charge in [-0.25, -0.2) is 4.98 Å². The maximum atomic E-state index is 5.57. The van der Waals surface area contributed by atoms with Gasteiger partial charge < -0.3 is 15.0 Å². The topological polar surface area (TPSA) is 50.3 Å². The van der Waals surface area contributed by atoms with Gasteiger partial charge in [0.25, 0.3) is 0 Å². The number of ether oxygens (including phenoxy) is 1. The fourth-order valence-electron chi connectivity index (χ4n) is 2.72. The molecule has 2 aliphatic rings. The molecule has 0 amide bonds. The van der Waals surface area contributed by atoms with Crippen LogP contribution in [0, 0.1) is 5.92 Å². The maximum absolute atomic E-state index is 5.57. The summed E-state index contributed by atoms with van der Waals surface area (Å²) in [6.45, 7) is 5.03. The number of nitrogens with zero attached hydrogens (tertiary/aromatic N) is 3. The van der Waals surface area contributed by atoms with Crippen molar-refractivity contribution in [2.75, 3.05) is 25.1 Å². The van der Waals surface area contributed by atoms with Gasteiger partial charge in [-0.3, -0.25) is 4.98 Å². The molecule has 0 radical (unpaired) electrons. The molecule has 0 aromatic carbocycles. The fourth-order valence-corrected chi connectivity index (χ4v) is 2.72. The second-order valence-electron chi connectivity index (χ2n) is 6.01. The van der Waals surface area contributed by atoms with Gasteiger partial charge in [-0.15, -0.1) is 0 Å². The highest BCUT2D eigenvalue weighted by molar-refractivity contribution is 5.37. The zero-order chi connectivity index (χ0) is 13.9. The average Bonchev–Trinajstić information content (AvgIpc) is 3.30. The van der Waals surface area contributed by atoms with Gasteiger partial charge in [-0.2, -0.15) is 0 Å². The first-order chi connectivity index (χ1) is 9.76. The zero-order valence-corrected chi connectivity index (χ0v) is 12.4. The van der Waals surface area contributed by atoms with Crippen LogP contribution in [0.5, 0.6) is 0 Å². The molecule has 20 heavy (non-hydrogen) atoms. The second-order valence-corrected chi connectivity index (χ2v) is 6.01. The van der Waals surface area contributed by atoms with Crippen molar-refractivity contribution in [1.29, 1.82) is 0 Å². The molecule has 1 N–H and O–H groups in total. The maximum Gasteiger partial charge on any atom is 0.147 e. The summed E-state index contributed by atoms with van der Waals surface area (Å²) in [5, 5.41) is 3.48. The van der Waals surface area contributed by atoms with Crippen LogP contribution in [0.2, 0.25) is 0 Å². The lowest BCUT2D eigenvalue weighted by atomic mass is 9.96. The summed E-state index contributed by atoms with van der Waals surface area (Å²) < 4.78 is 5.57. The Kier molecular flexibility index (Phi) is 4.17. The minimum atomic E-state index is 0.291. The molecular weight excluding hydrogens is 252 g/mol. The first-order valence-electron chi connectivity index (χ1n) is 7.58. The third-order valence-electron chi connectivity index (χ3n) is 4.34. The molecule has 1 saturated heterocycles. The van der Waals surface area contributed by atoms with Crippen LogP contribution in [0.3, 0.4) is 0 Å². The van der Waals surface area contributed by atoms with Gasteiger partial charge in [0.1, 0.15) is 5.82 Å². The van der Waals surface area contributed by atoms with Crippen LogP contribution in [0.15, 0.2) is 12.4 Å². The number of piperidine rings is 1. The molecule has 1 aliphatic carbocycles. The quantitative estimate of drug-likeness (QED) is 0.885. The zero-order valence-electron chi connectivity index (χ0n) is 12.4. The first-order valence-corrected chi connectivity index (χ1v) is 7.58. The van der Waals surface area contributed by atoms with Crippen molar-refractivity contribution in [3.05, 3.63) is 18.1 Å². The van der Waals surface area contributed by atoms with Gasteiger partial charge in [0, 0.05) is 39.0 Å². The van der Waals surface area contributed by atoms with Crippen LogP contribution >= 0.6 is 0 Å². The molecule has 5 nitrogen and oxygen atoms in total. The Bertz CT molecular complexity index is 449. The van der Waals surface area contributed by atoms with Crippen molar-refractivity contribution < 1.29 is 4.74 Å². The van der Waals surface area contributed by atoms with Crippen LogP contribution < -0.4 is 10.2 Å².